The van der Waals surface area contributed by atoms with Gasteiger partial charge in [0.2, 0.25) is 0 Å². The maximum atomic E-state index is 10.9. The van der Waals surface area contributed by atoms with Gasteiger partial charge in [-0.15, -0.1) is 0 Å². The molecule has 0 saturated carbocycles. The zero-order chi connectivity index (χ0) is 15.5. The highest BCUT2D eigenvalue weighted by molar-refractivity contribution is 5.87. The summed E-state index contributed by atoms with van der Waals surface area (Å²) in [5.74, 6) is -0.367. The zero-order valence-corrected chi connectivity index (χ0v) is 12.7. The Morgan fingerprint density at radius 3 is 2.82 bits per heavy atom. The fourth-order valence-electron chi connectivity index (χ4n) is 3.22. The number of carboxylic acids is 1. The van der Waals surface area contributed by atoms with Crippen LogP contribution in [0, 0.1) is 6.92 Å². The topological polar surface area (TPSA) is 69.2 Å². The molecule has 0 radical (unpaired) electrons. The van der Waals surface area contributed by atoms with Crippen molar-refractivity contribution in [3.05, 3.63) is 52.8 Å². The van der Waals surface area contributed by atoms with Gasteiger partial charge >= 0.3 is 5.97 Å². The molecular weight excluding hydrogens is 278 g/mol. The van der Waals surface area contributed by atoms with Gasteiger partial charge < -0.3 is 5.11 Å². The van der Waals surface area contributed by atoms with E-state index in [9.17, 15) is 4.79 Å². The third-order valence-corrected chi connectivity index (χ3v) is 4.39. The van der Waals surface area contributed by atoms with E-state index < -0.39 is 5.97 Å². The van der Waals surface area contributed by atoms with Crippen LogP contribution in [0.25, 0.3) is 0 Å². The molecule has 1 aromatic carbocycles. The van der Waals surface area contributed by atoms with Crippen molar-refractivity contribution in [1.82, 2.24) is 15.1 Å². The van der Waals surface area contributed by atoms with E-state index in [2.05, 4.69) is 22.0 Å². The number of aromatic amines is 1. The van der Waals surface area contributed by atoms with E-state index in [-0.39, 0.29) is 0 Å². The van der Waals surface area contributed by atoms with Crippen LogP contribution in [0.15, 0.2) is 30.5 Å². The highest BCUT2D eigenvalue weighted by Crippen LogP contribution is 2.28. The van der Waals surface area contributed by atoms with Gasteiger partial charge in [0.15, 0.2) is 0 Å². The number of aromatic nitrogens is 2. The summed E-state index contributed by atoms with van der Waals surface area (Å²) in [7, 11) is 0. The lowest BCUT2D eigenvalue weighted by Crippen LogP contribution is -2.34. The minimum Gasteiger partial charge on any atom is -0.478 e. The number of aromatic carboxylic acids is 1. The Bertz CT molecular complexity index is 648. The van der Waals surface area contributed by atoms with Crippen molar-refractivity contribution in [3.63, 3.8) is 0 Å². The van der Waals surface area contributed by atoms with E-state index in [0.717, 1.165) is 25.2 Å². The van der Waals surface area contributed by atoms with Crippen molar-refractivity contribution in [2.24, 2.45) is 0 Å². The van der Waals surface area contributed by atoms with Crippen LogP contribution in [-0.2, 0) is 6.54 Å². The third kappa shape index (κ3) is 3.20. The van der Waals surface area contributed by atoms with Gasteiger partial charge in [-0.25, -0.2) is 4.79 Å². The first-order valence-corrected chi connectivity index (χ1v) is 7.68. The number of nitrogens with one attached hydrogen (secondary N) is 1. The molecule has 22 heavy (non-hydrogen) atoms. The Labute approximate surface area is 130 Å². The maximum absolute atomic E-state index is 10.9. The number of H-pyrrole nitrogens is 1. The van der Waals surface area contributed by atoms with Crippen LogP contribution in [0.3, 0.4) is 0 Å². The first-order valence-electron chi connectivity index (χ1n) is 7.68. The van der Waals surface area contributed by atoms with Crippen molar-refractivity contribution in [3.8, 4) is 0 Å². The minimum atomic E-state index is -0.876. The van der Waals surface area contributed by atoms with E-state index >= 15 is 0 Å². The summed E-state index contributed by atoms with van der Waals surface area (Å²) in [6, 6.07) is 7.18. The molecule has 1 aliphatic rings. The Kier molecular flexibility index (Phi) is 4.24. The molecule has 116 valence electrons. The van der Waals surface area contributed by atoms with Gasteiger partial charge in [-0.3, -0.25) is 10.00 Å². The summed E-state index contributed by atoms with van der Waals surface area (Å²) >= 11 is 0. The van der Waals surface area contributed by atoms with E-state index in [1.165, 1.54) is 24.1 Å². The van der Waals surface area contributed by atoms with Gasteiger partial charge in [0.1, 0.15) is 0 Å². The van der Waals surface area contributed by atoms with Gasteiger partial charge in [-0.1, -0.05) is 12.1 Å². The zero-order valence-electron chi connectivity index (χ0n) is 12.7. The number of rotatable bonds is 4. The molecule has 1 aliphatic heterocycles. The molecule has 2 aromatic rings. The fraction of sp³-hybridized carbons (Fsp3) is 0.412. The normalized spacial score (nSPS) is 19.2. The smallest absolute Gasteiger partial charge is 0.335 e. The number of benzene rings is 1. The van der Waals surface area contributed by atoms with Crippen LogP contribution in [0.1, 0.15) is 45.9 Å². The molecule has 2 N–H and O–H groups in total. The van der Waals surface area contributed by atoms with Crippen molar-refractivity contribution in [2.75, 3.05) is 13.1 Å². The average Bonchev–Trinajstić information content (AvgIpc) is 2.94. The first-order chi connectivity index (χ1) is 10.6. The highest BCUT2D eigenvalue weighted by atomic mass is 16.4. The van der Waals surface area contributed by atoms with E-state index in [4.69, 9.17) is 5.11 Å². The van der Waals surface area contributed by atoms with Crippen LogP contribution in [-0.4, -0.2) is 39.3 Å². The molecule has 0 unspecified atom stereocenters. The predicted molar refractivity (Wildman–Crippen MR) is 84.0 cm³/mol. The van der Waals surface area contributed by atoms with Gasteiger partial charge in [0.05, 0.1) is 11.8 Å². The molecule has 5 nitrogen and oxygen atoms in total. The summed E-state index contributed by atoms with van der Waals surface area (Å²) < 4.78 is 0. The number of hydrogen-bond donors (Lipinski definition) is 2. The monoisotopic (exact) mass is 299 g/mol. The lowest BCUT2D eigenvalue weighted by atomic mass is 9.92. The Hall–Kier alpha value is -2.14. The maximum Gasteiger partial charge on any atom is 0.335 e. The van der Waals surface area contributed by atoms with Crippen LogP contribution in [0.5, 0.6) is 0 Å². The summed E-state index contributed by atoms with van der Waals surface area (Å²) in [5.41, 5.74) is 3.99. The van der Waals surface area contributed by atoms with Gasteiger partial charge in [0.25, 0.3) is 0 Å². The molecule has 5 heteroatoms. The van der Waals surface area contributed by atoms with Gasteiger partial charge in [0, 0.05) is 24.7 Å². The SMILES string of the molecule is Cc1cn[nH]c1[C@H]1CCCN(Cc2ccc(C(=O)O)cc2)C1. The second-order valence-electron chi connectivity index (χ2n) is 6.04. The predicted octanol–water partition coefficient (Wildman–Crippen LogP) is 2.80. The summed E-state index contributed by atoms with van der Waals surface area (Å²) in [4.78, 5) is 13.3. The van der Waals surface area contributed by atoms with E-state index in [1.807, 2.05) is 18.3 Å². The van der Waals surface area contributed by atoms with E-state index in [1.54, 1.807) is 12.1 Å². The fourth-order valence-corrected chi connectivity index (χ4v) is 3.22. The Balaban J connectivity index is 1.65. The number of piperidine rings is 1. The first kappa shape index (κ1) is 14.8. The number of nitrogens with zero attached hydrogens (tertiary/aromatic N) is 2. The third-order valence-electron chi connectivity index (χ3n) is 4.39. The molecule has 0 bridgehead atoms. The average molecular weight is 299 g/mol. The van der Waals surface area contributed by atoms with Crippen LogP contribution in [0.4, 0.5) is 0 Å². The molecule has 0 aliphatic carbocycles. The second kappa shape index (κ2) is 6.32. The second-order valence-corrected chi connectivity index (χ2v) is 6.04. The summed E-state index contributed by atoms with van der Waals surface area (Å²) in [5, 5.41) is 16.2. The number of aryl methyl sites for hydroxylation is 1. The van der Waals surface area contributed by atoms with Crippen molar-refractivity contribution in [1.29, 1.82) is 0 Å². The Morgan fingerprint density at radius 2 is 2.18 bits per heavy atom. The van der Waals surface area contributed by atoms with Gasteiger partial charge in [-0.05, 0) is 49.6 Å². The summed E-state index contributed by atoms with van der Waals surface area (Å²) in [6.45, 7) is 5.07. The van der Waals surface area contributed by atoms with Crippen LogP contribution >= 0.6 is 0 Å². The number of hydrogen-bond acceptors (Lipinski definition) is 3. The highest BCUT2D eigenvalue weighted by Gasteiger charge is 2.23. The van der Waals surface area contributed by atoms with E-state index in [0.29, 0.717) is 11.5 Å². The lowest BCUT2D eigenvalue weighted by molar-refractivity contribution is 0.0697. The molecule has 0 amide bonds. The molecule has 1 aromatic heterocycles. The van der Waals surface area contributed by atoms with Crippen molar-refractivity contribution >= 4 is 5.97 Å². The molecule has 0 spiro atoms. The lowest BCUT2D eigenvalue weighted by Gasteiger charge is -2.32. The number of likely N-dealkylation sites (tertiary alicyclic amines) is 1. The largest absolute Gasteiger partial charge is 0.478 e. The van der Waals surface area contributed by atoms with Gasteiger partial charge in [-0.2, -0.15) is 5.10 Å². The molecule has 3 rings (SSSR count). The Morgan fingerprint density at radius 1 is 1.41 bits per heavy atom. The molecule has 1 saturated heterocycles. The van der Waals surface area contributed by atoms with Crippen molar-refractivity contribution < 1.29 is 9.90 Å². The number of carbonyl (C=O) groups is 1. The minimum absolute atomic E-state index is 0.341. The molecule has 1 atom stereocenters. The summed E-state index contributed by atoms with van der Waals surface area (Å²) in [6.07, 6.45) is 4.26. The van der Waals surface area contributed by atoms with Crippen molar-refractivity contribution in [2.45, 2.75) is 32.2 Å². The molecule has 1 fully saturated rings. The molecular formula is C17H21N3O2. The number of carboxylic acid groups (broad SMARTS) is 1. The van der Waals surface area contributed by atoms with Crippen LogP contribution < -0.4 is 0 Å². The quantitative estimate of drug-likeness (QED) is 0.911. The standard InChI is InChI=1S/C17H21N3O2/c1-12-9-18-19-16(12)15-3-2-8-20(11-15)10-13-4-6-14(7-5-13)17(21)22/h4-7,9,15H,2-3,8,10-11H2,1H3,(H,18,19)(H,21,22)/t15-/m0/s1. The molecule has 2 heterocycles. The van der Waals surface area contributed by atoms with Crippen LogP contribution in [0.2, 0.25) is 0 Å².